The molecule has 0 spiro atoms. The third-order valence-electron chi connectivity index (χ3n) is 6.08. The lowest BCUT2D eigenvalue weighted by Crippen LogP contribution is -2.57. The van der Waals surface area contributed by atoms with Crippen LogP contribution in [0, 0.1) is 0 Å². The minimum absolute atomic E-state index is 0.106. The zero-order valence-electron chi connectivity index (χ0n) is 21.5. The zero-order chi connectivity index (χ0) is 28.4. The Morgan fingerprint density at radius 3 is 2.28 bits per heavy atom. The van der Waals surface area contributed by atoms with E-state index in [0.717, 1.165) is 11.1 Å². The van der Waals surface area contributed by atoms with E-state index in [0.29, 0.717) is 12.2 Å². The Morgan fingerprint density at radius 1 is 0.897 bits per heavy atom. The monoisotopic (exact) mass is 546 g/mol. The SMILES string of the molecule is CC1OC(OCCCC(=O)NCCNC(=O)COc2ccc(-c3cccc(C(=O)O)c3)cc2)C(O)C(O)C1O. The summed E-state index contributed by atoms with van der Waals surface area (Å²) < 4.78 is 16.2. The normalized spacial score (nSPS) is 22.6. The van der Waals surface area contributed by atoms with E-state index in [-0.39, 0.29) is 50.1 Å². The fourth-order valence-corrected chi connectivity index (χ4v) is 3.85. The van der Waals surface area contributed by atoms with Gasteiger partial charge in [0.25, 0.3) is 5.91 Å². The molecular weight excluding hydrogens is 512 g/mol. The van der Waals surface area contributed by atoms with E-state index in [9.17, 15) is 29.7 Å². The van der Waals surface area contributed by atoms with E-state index < -0.39 is 36.7 Å². The highest BCUT2D eigenvalue weighted by atomic mass is 16.7. The summed E-state index contributed by atoms with van der Waals surface area (Å²) in [6, 6.07) is 13.5. The lowest BCUT2D eigenvalue weighted by atomic mass is 10.0. The quantitative estimate of drug-likeness (QED) is 0.191. The van der Waals surface area contributed by atoms with Crippen LogP contribution < -0.4 is 15.4 Å². The van der Waals surface area contributed by atoms with Crippen LogP contribution in [0.2, 0.25) is 0 Å². The predicted molar refractivity (Wildman–Crippen MR) is 138 cm³/mol. The number of amides is 2. The molecule has 2 aromatic rings. The van der Waals surface area contributed by atoms with Crippen molar-refractivity contribution in [1.82, 2.24) is 10.6 Å². The second-order valence-electron chi connectivity index (χ2n) is 9.05. The fourth-order valence-electron chi connectivity index (χ4n) is 3.85. The van der Waals surface area contributed by atoms with Crippen LogP contribution in [0.25, 0.3) is 11.1 Å². The molecule has 6 N–H and O–H groups in total. The van der Waals surface area contributed by atoms with Gasteiger partial charge in [-0.1, -0.05) is 24.3 Å². The van der Waals surface area contributed by atoms with E-state index >= 15 is 0 Å². The van der Waals surface area contributed by atoms with Crippen LogP contribution in [0.1, 0.15) is 30.1 Å². The summed E-state index contributed by atoms with van der Waals surface area (Å²) in [5, 5.41) is 43.8. The maximum Gasteiger partial charge on any atom is 0.335 e. The Balaban J connectivity index is 1.26. The summed E-state index contributed by atoms with van der Waals surface area (Å²) in [4.78, 5) is 35.1. The maximum absolute atomic E-state index is 12.0. The molecule has 0 bridgehead atoms. The molecule has 2 amide bonds. The zero-order valence-corrected chi connectivity index (χ0v) is 21.5. The van der Waals surface area contributed by atoms with E-state index in [4.69, 9.17) is 19.3 Å². The molecule has 2 aromatic carbocycles. The molecule has 1 aliphatic rings. The second-order valence-corrected chi connectivity index (χ2v) is 9.05. The average Bonchev–Trinajstić information content (AvgIpc) is 2.94. The van der Waals surface area contributed by atoms with Gasteiger partial charge in [-0.05, 0) is 48.7 Å². The molecule has 0 aromatic heterocycles. The molecule has 5 unspecified atom stereocenters. The molecule has 0 radical (unpaired) electrons. The van der Waals surface area contributed by atoms with Crippen LogP contribution in [-0.2, 0) is 19.1 Å². The number of ether oxygens (including phenoxy) is 3. The first-order valence-corrected chi connectivity index (χ1v) is 12.6. The van der Waals surface area contributed by atoms with E-state index in [1.54, 1.807) is 49.4 Å². The molecule has 3 rings (SSSR count). The molecule has 0 saturated carbocycles. The Labute approximate surface area is 225 Å². The topological polar surface area (TPSA) is 184 Å². The predicted octanol–water partition coefficient (Wildman–Crippen LogP) is 0.287. The second kappa shape index (κ2) is 14.6. The Morgan fingerprint density at radius 2 is 1.59 bits per heavy atom. The van der Waals surface area contributed by atoms with Crippen molar-refractivity contribution < 1.29 is 49.0 Å². The van der Waals surface area contributed by atoms with Crippen LogP contribution in [-0.4, -0.2) is 95.2 Å². The fraction of sp³-hybridized carbons (Fsp3) is 0.444. The van der Waals surface area contributed by atoms with Gasteiger partial charge in [-0.2, -0.15) is 0 Å². The molecule has 0 aliphatic carbocycles. The summed E-state index contributed by atoms with van der Waals surface area (Å²) in [5.41, 5.74) is 1.75. The van der Waals surface area contributed by atoms with Gasteiger partial charge in [0, 0.05) is 19.5 Å². The van der Waals surface area contributed by atoms with Gasteiger partial charge in [0.2, 0.25) is 5.91 Å². The first kappa shape index (κ1) is 30.0. The molecular formula is C27H34N2O10. The largest absolute Gasteiger partial charge is 0.484 e. The minimum atomic E-state index is -1.39. The third-order valence-corrected chi connectivity index (χ3v) is 6.08. The molecule has 1 fully saturated rings. The van der Waals surface area contributed by atoms with Gasteiger partial charge in [0.1, 0.15) is 24.1 Å². The number of carbonyl (C=O) groups is 3. The molecule has 39 heavy (non-hydrogen) atoms. The number of nitrogens with one attached hydrogen (secondary N) is 2. The number of aliphatic hydroxyl groups is 3. The minimum Gasteiger partial charge on any atom is -0.484 e. The lowest BCUT2D eigenvalue weighted by molar-refractivity contribution is -0.293. The van der Waals surface area contributed by atoms with E-state index in [2.05, 4.69) is 10.6 Å². The van der Waals surface area contributed by atoms with Crippen molar-refractivity contribution in [2.75, 3.05) is 26.3 Å². The van der Waals surface area contributed by atoms with E-state index in [1.165, 1.54) is 6.07 Å². The number of hydrogen-bond donors (Lipinski definition) is 6. The summed E-state index contributed by atoms with van der Waals surface area (Å²) >= 11 is 0. The number of carboxylic acids is 1. The Hall–Kier alpha value is -3.55. The number of aromatic carboxylic acids is 1. The third kappa shape index (κ3) is 9.01. The smallest absolute Gasteiger partial charge is 0.335 e. The Kier molecular flexibility index (Phi) is 11.2. The molecule has 1 saturated heterocycles. The highest BCUT2D eigenvalue weighted by Gasteiger charge is 2.42. The van der Waals surface area contributed by atoms with Crippen LogP contribution in [0.3, 0.4) is 0 Å². The van der Waals surface area contributed by atoms with Gasteiger partial charge < -0.3 is 45.3 Å². The molecule has 12 nitrogen and oxygen atoms in total. The van der Waals surface area contributed by atoms with Gasteiger partial charge in [-0.25, -0.2) is 4.79 Å². The number of rotatable bonds is 13. The van der Waals surface area contributed by atoms with E-state index in [1.807, 2.05) is 0 Å². The number of carbonyl (C=O) groups excluding carboxylic acids is 2. The first-order chi connectivity index (χ1) is 18.7. The van der Waals surface area contributed by atoms with Crippen molar-refractivity contribution in [1.29, 1.82) is 0 Å². The van der Waals surface area contributed by atoms with Crippen molar-refractivity contribution in [2.45, 2.75) is 50.5 Å². The molecule has 1 heterocycles. The summed E-state index contributed by atoms with van der Waals surface area (Å²) in [6.45, 7) is 1.89. The number of carboxylic acid groups (broad SMARTS) is 1. The van der Waals surface area contributed by atoms with Crippen molar-refractivity contribution in [3.63, 3.8) is 0 Å². The highest BCUT2D eigenvalue weighted by molar-refractivity contribution is 5.89. The number of hydrogen-bond acceptors (Lipinski definition) is 9. The number of benzene rings is 2. The standard InChI is InChI=1S/C27H34N2O10/c1-16-23(32)24(33)25(34)27(39-16)37-13-3-6-21(30)28-11-12-29-22(31)15-38-20-9-7-17(8-10-20)18-4-2-5-19(14-18)26(35)36/h2,4-5,7-10,14,16,23-25,27,32-34H,3,6,11-13,15H2,1H3,(H,28,30)(H,29,31)(H,35,36). The summed E-state index contributed by atoms with van der Waals surface area (Å²) in [5.74, 6) is -1.13. The lowest BCUT2D eigenvalue weighted by Gasteiger charge is -2.38. The summed E-state index contributed by atoms with van der Waals surface area (Å²) in [6.07, 6.45) is -5.27. The number of aliphatic hydroxyl groups excluding tert-OH is 3. The molecule has 5 atom stereocenters. The van der Waals surface area contributed by atoms with Gasteiger partial charge in [-0.3, -0.25) is 9.59 Å². The average molecular weight is 547 g/mol. The highest BCUT2D eigenvalue weighted by Crippen LogP contribution is 2.24. The van der Waals surface area contributed by atoms with Crippen LogP contribution in [0.5, 0.6) is 5.75 Å². The van der Waals surface area contributed by atoms with Crippen molar-refractivity contribution >= 4 is 17.8 Å². The van der Waals surface area contributed by atoms with Crippen molar-refractivity contribution in [3.8, 4) is 16.9 Å². The van der Waals surface area contributed by atoms with Crippen LogP contribution in [0.15, 0.2) is 48.5 Å². The van der Waals surface area contributed by atoms with Crippen LogP contribution in [0.4, 0.5) is 0 Å². The summed E-state index contributed by atoms with van der Waals surface area (Å²) in [7, 11) is 0. The first-order valence-electron chi connectivity index (χ1n) is 12.6. The van der Waals surface area contributed by atoms with Gasteiger partial charge >= 0.3 is 5.97 Å². The molecule has 12 heteroatoms. The Bertz CT molecular complexity index is 1110. The molecule has 212 valence electrons. The van der Waals surface area contributed by atoms with Crippen LogP contribution >= 0.6 is 0 Å². The van der Waals surface area contributed by atoms with Gasteiger partial charge in [-0.15, -0.1) is 0 Å². The van der Waals surface area contributed by atoms with Crippen molar-refractivity contribution in [2.24, 2.45) is 0 Å². The van der Waals surface area contributed by atoms with Crippen molar-refractivity contribution in [3.05, 3.63) is 54.1 Å². The maximum atomic E-state index is 12.0. The van der Waals surface area contributed by atoms with Gasteiger partial charge in [0.05, 0.1) is 18.3 Å². The van der Waals surface area contributed by atoms with Gasteiger partial charge in [0.15, 0.2) is 12.9 Å². The molecule has 1 aliphatic heterocycles.